The molecule has 0 aromatic carbocycles. The van der Waals surface area contributed by atoms with Crippen LogP contribution in [0.25, 0.3) is 0 Å². The highest BCUT2D eigenvalue weighted by Crippen LogP contribution is 2.22. The summed E-state index contributed by atoms with van der Waals surface area (Å²) >= 11 is 0. The molecule has 1 heterocycles. The van der Waals surface area contributed by atoms with Crippen molar-refractivity contribution in [2.75, 3.05) is 0 Å². The lowest BCUT2D eigenvalue weighted by atomic mass is 10.0. The zero-order valence-corrected chi connectivity index (χ0v) is 10.5. The molecule has 1 aromatic rings. The van der Waals surface area contributed by atoms with Crippen LogP contribution in [0.15, 0.2) is 18.5 Å². The standard InChI is InChI=1S/C14H21FN2/c1-11-3-2-4-14(6-5-11)17-9-12-7-13(15)10-16-8-12/h7-8,10-11,14,17H,2-6,9H2,1H3. The molecule has 0 aliphatic heterocycles. The van der Waals surface area contributed by atoms with Gasteiger partial charge in [-0.15, -0.1) is 0 Å². The lowest BCUT2D eigenvalue weighted by Crippen LogP contribution is -2.28. The van der Waals surface area contributed by atoms with E-state index >= 15 is 0 Å². The van der Waals surface area contributed by atoms with Crippen molar-refractivity contribution in [1.82, 2.24) is 10.3 Å². The maximum absolute atomic E-state index is 13.0. The van der Waals surface area contributed by atoms with Gasteiger partial charge in [0.1, 0.15) is 5.82 Å². The Balaban J connectivity index is 1.81. The minimum Gasteiger partial charge on any atom is -0.310 e. The molecule has 1 aliphatic rings. The van der Waals surface area contributed by atoms with E-state index in [1.165, 1.54) is 38.3 Å². The van der Waals surface area contributed by atoms with Crippen LogP contribution >= 0.6 is 0 Å². The van der Waals surface area contributed by atoms with E-state index in [2.05, 4.69) is 17.2 Å². The van der Waals surface area contributed by atoms with E-state index < -0.39 is 0 Å². The van der Waals surface area contributed by atoms with Crippen LogP contribution in [0, 0.1) is 11.7 Å². The second-order valence-electron chi connectivity index (χ2n) is 5.20. The zero-order valence-electron chi connectivity index (χ0n) is 10.5. The van der Waals surface area contributed by atoms with Gasteiger partial charge in [0, 0.05) is 18.8 Å². The van der Waals surface area contributed by atoms with Gasteiger partial charge in [0.2, 0.25) is 0 Å². The number of halogens is 1. The van der Waals surface area contributed by atoms with Crippen LogP contribution in [0.1, 0.15) is 44.6 Å². The van der Waals surface area contributed by atoms with E-state index in [-0.39, 0.29) is 5.82 Å². The van der Waals surface area contributed by atoms with Gasteiger partial charge in [0.15, 0.2) is 0 Å². The molecule has 1 fully saturated rings. The molecule has 0 radical (unpaired) electrons. The summed E-state index contributed by atoms with van der Waals surface area (Å²) in [5, 5.41) is 3.52. The van der Waals surface area contributed by atoms with Gasteiger partial charge in [-0.1, -0.05) is 19.8 Å². The van der Waals surface area contributed by atoms with Crippen LogP contribution in [-0.4, -0.2) is 11.0 Å². The monoisotopic (exact) mass is 236 g/mol. The highest BCUT2D eigenvalue weighted by molar-refractivity contribution is 5.09. The van der Waals surface area contributed by atoms with Crippen molar-refractivity contribution in [3.8, 4) is 0 Å². The fourth-order valence-electron chi connectivity index (χ4n) is 2.51. The molecule has 3 heteroatoms. The Morgan fingerprint density at radius 2 is 2.18 bits per heavy atom. The number of nitrogens with zero attached hydrogens (tertiary/aromatic N) is 1. The number of aromatic nitrogens is 1. The molecular formula is C14H21FN2. The Hall–Kier alpha value is -0.960. The van der Waals surface area contributed by atoms with Gasteiger partial charge in [-0.2, -0.15) is 0 Å². The molecule has 1 aromatic heterocycles. The average molecular weight is 236 g/mol. The minimum absolute atomic E-state index is 0.251. The Bertz CT molecular complexity index is 354. The first kappa shape index (κ1) is 12.5. The van der Waals surface area contributed by atoms with Gasteiger partial charge in [-0.25, -0.2) is 4.39 Å². The maximum Gasteiger partial charge on any atom is 0.141 e. The fourth-order valence-corrected chi connectivity index (χ4v) is 2.51. The molecule has 0 amide bonds. The molecule has 2 atom stereocenters. The van der Waals surface area contributed by atoms with E-state index in [1.807, 2.05) is 0 Å². The summed E-state index contributed by atoms with van der Waals surface area (Å²) in [5.74, 6) is 0.608. The molecule has 17 heavy (non-hydrogen) atoms. The van der Waals surface area contributed by atoms with Crippen molar-refractivity contribution in [3.63, 3.8) is 0 Å². The molecule has 0 spiro atoms. The molecular weight excluding hydrogens is 215 g/mol. The summed E-state index contributed by atoms with van der Waals surface area (Å²) in [4.78, 5) is 3.86. The molecule has 94 valence electrons. The number of nitrogens with one attached hydrogen (secondary N) is 1. The molecule has 2 unspecified atom stereocenters. The van der Waals surface area contributed by atoms with E-state index in [9.17, 15) is 4.39 Å². The summed E-state index contributed by atoms with van der Waals surface area (Å²) in [6, 6.07) is 2.14. The molecule has 0 bridgehead atoms. The van der Waals surface area contributed by atoms with Gasteiger partial charge in [-0.3, -0.25) is 4.98 Å². The van der Waals surface area contributed by atoms with E-state index in [1.54, 1.807) is 12.3 Å². The van der Waals surface area contributed by atoms with Crippen molar-refractivity contribution < 1.29 is 4.39 Å². The molecule has 0 saturated heterocycles. The Kier molecular flexibility index (Phi) is 4.49. The number of hydrogen-bond donors (Lipinski definition) is 1. The smallest absolute Gasteiger partial charge is 0.141 e. The lowest BCUT2D eigenvalue weighted by Gasteiger charge is -2.16. The Morgan fingerprint density at radius 3 is 3.00 bits per heavy atom. The average Bonchev–Trinajstić information content (AvgIpc) is 2.52. The van der Waals surface area contributed by atoms with Crippen molar-refractivity contribution in [1.29, 1.82) is 0 Å². The third-order valence-corrected chi connectivity index (χ3v) is 3.61. The van der Waals surface area contributed by atoms with Gasteiger partial charge in [-0.05, 0) is 36.8 Å². The predicted molar refractivity (Wildman–Crippen MR) is 67.1 cm³/mol. The highest BCUT2D eigenvalue weighted by atomic mass is 19.1. The first-order valence-corrected chi connectivity index (χ1v) is 6.57. The SMILES string of the molecule is CC1CCCC(NCc2cncc(F)c2)CC1. The van der Waals surface area contributed by atoms with Crippen LogP contribution < -0.4 is 5.32 Å². The molecule has 1 aliphatic carbocycles. The minimum atomic E-state index is -0.251. The molecule has 2 rings (SSSR count). The van der Waals surface area contributed by atoms with E-state index in [4.69, 9.17) is 0 Å². The van der Waals surface area contributed by atoms with Gasteiger partial charge in [0.05, 0.1) is 6.20 Å². The number of rotatable bonds is 3. The van der Waals surface area contributed by atoms with Crippen LogP contribution in [0.2, 0.25) is 0 Å². The predicted octanol–water partition coefficient (Wildman–Crippen LogP) is 3.28. The van der Waals surface area contributed by atoms with Crippen LogP contribution in [0.3, 0.4) is 0 Å². The highest BCUT2D eigenvalue weighted by Gasteiger charge is 2.15. The maximum atomic E-state index is 13.0. The summed E-state index contributed by atoms with van der Waals surface area (Å²) in [6.45, 7) is 3.06. The second kappa shape index (κ2) is 6.10. The van der Waals surface area contributed by atoms with E-state index in [0.717, 1.165) is 18.0 Å². The Morgan fingerprint density at radius 1 is 1.29 bits per heavy atom. The van der Waals surface area contributed by atoms with Crippen LogP contribution in [-0.2, 0) is 6.54 Å². The number of pyridine rings is 1. The van der Waals surface area contributed by atoms with Gasteiger partial charge < -0.3 is 5.32 Å². The van der Waals surface area contributed by atoms with Crippen LogP contribution in [0.5, 0.6) is 0 Å². The Labute approximate surface area is 103 Å². The van der Waals surface area contributed by atoms with Crippen molar-refractivity contribution in [3.05, 3.63) is 29.8 Å². The first-order chi connectivity index (χ1) is 8.24. The molecule has 1 saturated carbocycles. The quantitative estimate of drug-likeness (QED) is 0.815. The number of hydrogen-bond acceptors (Lipinski definition) is 2. The van der Waals surface area contributed by atoms with Crippen molar-refractivity contribution in [2.24, 2.45) is 5.92 Å². The summed E-state index contributed by atoms with van der Waals surface area (Å²) in [5.41, 5.74) is 0.933. The van der Waals surface area contributed by atoms with Gasteiger partial charge in [0.25, 0.3) is 0 Å². The molecule has 2 nitrogen and oxygen atoms in total. The third kappa shape index (κ3) is 4.08. The largest absolute Gasteiger partial charge is 0.310 e. The summed E-state index contributed by atoms with van der Waals surface area (Å²) in [7, 11) is 0. The van der Waals surface area contributed by atoms with Crippen LogP contribution in [0.4, 0.5) is 4.39 Å². The normalized spacial score (nSPS) is 25.5. The third-order valence-electron chi connectivity index (χ3n) is 3.61. The fraction of sp³-hybridized carbons (Fsp3) is 0.643. The van der Waals surface area contributed by atoms with Crippen molar-refractivity contribution in [2.45, 2.75) is 51.6 Å². The topological polar surface area (TPSA) is 24.9 Å². The zero-order chi connectivity index (χ0) is 12.1. The summed E-state index contributed by atoms with van der Waals surface area (Å²) < 4.78 is 13.0. The molecule has 1 N–H and O–H groups in total. The summed E-state index contributed by atoms with van der Waals surface area (Å²) in [6.07, 6.45) is 9.42. The first-order valence-electron chi connectivity index (χ1n) is 6.57. The lowest BCUT2D eigenvalue weighted by molar-refractivity contribution is 0.446. The van der Waals surface area contributed by atoms with E-state index in [0.29, 0.717) is 6.04 Å². The van der Waals surface area contributed by atoms with Gasteiger partial charge >= 0.3 is 0 Å². The van der Waals surface area contributed by atoms with Crippen molar-refractivity contribution >= 4 is 0 Å². The second-order valence-corrected chi connectivity index (χ2v) is 5.20.